The van der Waals surface area contributed by atoms with Crippen LogP contribution in [0.15, 0.2) is 33.3 Å². The second-order valence-corrected chi connectivity index (χ2v) is 7.96. The van der Waals surface area contributed by atoms with Crippen molar-refractivity contribution in [3.05, 3.63) is 46.1 Å². The molecule has 2 aromatic rings. The minimum Gasteiger partial charge on any atom is -0.444 e. The van der Waals surface area contributed by atoms with Crippen molar-refractivity contribution < 1.29 is 9.21 Å². The van der Waals surface area contributed by atoms with Gasteiger partial charge >= 0.3 is 0 Å². The van der Waals surface area contributed by atoms with Crippen molar-refractivity contribution in [2.24, 2.45) is 0 Å². The highest BCUT2D eigenvalue weighted by molar-refractivity contribution is 9.10. The molecule has 2 rings (SSSR count). The van der Waals surface area contributed by atoms with Crippen LogP contribution in [0.3, 0.4) is 0 Å². The molecule has 0 aliphatic rings. The topological polar surface area (TPSA) is 58.4 Å². The van der Waals surface area contributed by atoms with E-state index in [2.05, 4.69) is 47.0 Å². The van der Waals surface area contributed by atoms with Gasteiger partial charge in [0, 0.05) is 15.6 Å². The Kier molecular flexibility index (Phi) is 5.83. The molecule has 0 aliphatic heterocycles. The summed E-state index contributed by atoms with van der Waals surface area (Å²) in [7, 11) is 1.87. The van der Waals surface area contributed by atoms with E-state index in [1.165, 1.54) is 0 Å². The summed E-state index contributed by atoms with van der Waals surface area (Å²) in [5.74, 6) is 1.40. The van der Waals surface area contributed by atoms with Gasteiger partial charge in [0.2, 0.25) is 11.8 Å². The maximum atomic E-state index is 12.2. The summed E-state index contributed by atoms with van der Waals surface area (Å²) >= 11 is 3.42. The van der Waals surface area contributed by atoms with E-state index in [0.717, 1.165) is 21.5 Å². The highest BCUT2D eigenvalue weighted by atomic mass is 79.9. The van der Waals surface area contributed by atoms with Gasteiger partial charge in [0.15, 0.2) is 0 Å². The van der Waals surface area contributed by atoms with Gasteiger partial charge in [-0.3, -0.25) is 9.69 Å². The number of halogens is 1. The van der Waals surface area contributed by atoms with Crippen molar-refractivity contribution in [3.8, 4) is 0 Å². The minimum atomic E-state index is -0.0691. The van der Waals surface area contributed by atoms with Gasteiger partial charge in [0.25, 0.3) is 0 Å². The molecule has 6 heteroatoms. The van der Waals surface area contributed by atoms with Crippen LogP contribution in [0.25, 0.3) is 0 Å². The lowest BCUT2D eigenvalue weighted by molar-refractivity contribution is -0.117. The first-order chi connectivity index (χ1) is 11.1. The van der Waals surface area contributed by atoms with Gasteiger partial charge in [0.05, 0.1) is 19.3 Å². The minimum absolute atomic E-state index is 0.0643. The Bertz CT molecular complexity index is 719. The molecule has 0 fully saturated rings. The van der Waals surface area contributed by atoms with Crippen LogP contribution in [0.2, 0.25) is 0 Å². The first kappa shape index (κ1) is 18.7. The smallest absolute Gasteiger partial charge is 0.238 e. The van der Waals surface area contributed by atoms with Crippen LogP contribution in [0.5, 0.6) is 0 Å². The van der Waals surface area contributed by atoms with E-state index in [-0.39, 0.29) is 17.9 Å². The van der Waals surface area contributed by atoms with Crippen LogP contribution in [-0.2, 0) is 16.8 Å². The van der Waals surface area contributed by atoms with Crippen LogP contribution >= 0.6 is 15.9 Å². The average Bonchev–Trinajstić information content (AvgIpc) is 2.90. The number of nitrogens with one attached hydrogen (secondary N) is 1. The Labute approximate surface area is 151 Å². The van der Waals surface area contributed by atoms with E-state index in [4.69, 9.17) is 4.42 Å². The molecular weight excluding hydrogens is 370 g/mol. The largest absolute Gasteiger partial charge is 0.444 e. The van der Waals surface area contributed by atoms with Crippen LogP contribution < -0.4 is 5.32 Å². The number of hydrogen-bond acceptors (Lipinski definition) is 4. The number of aromatic nitrogens is 1. The van der Waals surface area contributed by atoms with Gasteiger partial charge < -0.3 is 9.73 Å². The molecule has 1 heterocycles. The van der Waals surface area contributed by atoms with Crippen LogP contribution in [-0.4, -0.2) is 29.4 Å². The fourth-order valence-corrected chi connectivity index (χ4v) is 2.69. The highest BCUT2D eigenvalue weighted by Gasteiger charge is 2.20. The summed E-state index contributed by atoms with van der Waals surface area (Å²) in [4.78, 5) is 18.4. The van der Waals surface area contributed by atoms with Gasteiger partial charge in [-0.05, 0) is 37.7 Å². The monoisotopic (exact) mass is 393 g/mol. The predicted octanol–water partition coefficient (Wildman–Crippen LogP) is 4.11. The Hall–Kier alpha value is -1.66. The summed E-state index contributed by atoms with van der Waals surface area (Å²) in [6, 6.07) is 5.77. The van der Waals surface area contributed by atoms with Gasteiger partial charge in [0.1, 0.15) is 5.76 Å². The number of nitrogens with zero attached hydrogens (tertiary/aromatic N) is 2. The number of likely N-dealkylation sites (N-methyl/N-ethyl adjacent to an activating group) is 1. The molecule has 0 bridgehead atoms. The third-order valence-electron chi connectivity index (χ3n) is 3.57. The summed E-state index contributed by atoms with van der Waals surface area (Å²) < 4.78 is 6.76. The molecule has 1 amide bonds. The van der Waals surface area contributed by atoms with Crippen molar-refractivity contribution in [2.45, 2.75) is 39.7 Å². The summed E-state index contributed by atoms with van der Waals surface area (Å²) in [6.07, 6.45) is 1.76. The van der Waals surface area contributed by atoms with Gasteiger partial charge in [-0.25, -0.2) is 4.98 Å². The number of aryl methyl sites for hydroxylation is 1. The second-order valence-electron chi connectivity index (χ2n) is 7.05. The number of carbonyl (C=O) groups is 1. The van der Waals surface area contributed by atoms with Crippen molar-refractivity contribution >= 4 is 27.5 Å². The molecular formula is C18H24BrN3O2. The van der Waals surface area contributed by atoms with E-state index in [1.807, 2.05) is 37.1 Å². The van der Waals surface area contributed by atoms with E-state index >= 15 is 0 Å². The van der Waals surface area contributed by atoms with E-state index in [9.17, 15) is 4.79 Å². The van der Waals surface area contributed by atoms with Gasteiger partial charge in [-0.15, -0.1) is 0 Å². The fraction of sp³-hybridized carbons (Fsp3) is 0.444. The standard InChI is InChI=1S/C18H24BrN3O2/c1-12-8-13(19)6-7-14(12)21-16(23)10-22(5)11-17-20-9-15(24-17)18(2,3)4/h6-9H,10-11H2,1-5H3,(H,21,23). The Morgan fingerprint density at radius 2 is 2.08 bits per heavy atom. The average molecular weight is 394 g/mol. The maximum Gasteiger partial charge on any atom is 0.238 e. The normalized spacial score (nSPS) is 11.8. The Morgan fingerprint density at radius 3 is 2.67 bits per heavy atom. The third-order valence-corrected chi connectivity index (χ3v) is 4.07. The SMILES string of the molecule is Cc1cc(Br)ccc1NC(=O)CN(C)Cc1ncc(C(C)(C)C)o1. The summed E-state index contributed by atoms with van der Waals surface area (Å²) in [5, 5.41) is 2.93. The van der Waals surface area contributed by atoms with Crippen LogP contribution in [0.4, 0.5) is 5.69 Å². The van der Waals surface area contributed by atoms with Crippen molar-refractivity contribution in [3.63, 3.8) is 0 Å². The van der Waals surface area contributed by atoms with Crippen molar-refractivity contribution in [1.82, 2.24) is 9.88 Å². The molecule has 1 aromatic heterocycles. The number of carbonyl (C=O) groups excluding carboxylic acids is 1. The van der Waals surface area contributed by atoms with E-state index in [1.54, 1.807) is 6.20 Å². The number of rotatable bonds is 5. The van der Waals surface area contributed by atoms with E-state index < -0.39 is 0 Å². The van der Waals surface area contributed by atoms with Crippen LogP contribution in [0.1, 0.15) is 38.0 Å². The number of oxazole rings is 1. The van der Waals surface area contributed by atoms with Crippen LogP contribution in [0, 0.1) is 6.92 Å². The molecule has 1 aromatic carbocycles. The molecule has 0 aliphatic carbocycles. The fourth-order valence-electron chi connectivity index (χ4n) is 2.22. The number of hydrogen-bond donors (Lipinski definition) is 1. The summed E-state index contributed by atoms with van der Waals surface area (Å²) in [5.41, 5.74) is 1.77. The van der Waals surface area contributed by atoms with Crippen molar-refractivity contribution in [1.29, 1.82) is 0 Å². The molecule has 130 valence electrons. The molecule has 0 radical (unpaired) electrons. The molecule has 24 heavy (non-hydrogen) atoms. The Balaban J connectivity index is 1.90. The van der Waals surface area contributed by atoms with E-state index in [0.29, 0.717) is 12.4 Å². The summed E-state index contributed by atoms with van der Waals surface area (Å²) in [6.45, 7) is 8.95. The molecule has 0 unspecified atom stereocenters. The maximum absolute atomic E-state index is 12.2. The third kappa shape index (κ3) is 5.18. The second kappa shape index (κ2) is 7.49. The van der Waals surface area contributed by atoms with Gasteiger partial charge in [-0.1, -0.05) is 36.7 Å². The molecule has 0 saturated carbocycles. The quantitative estimate of drug-likeness (QED) is 0.829. The number of anilines is 1. The molecule has 5 nitrogen and oxygen atoms in total. The molecule has 1 N–H and O–H groups in total. The lowest BCUT2D eigenvalue weighted by Gasteiger charge is -2.16. The first-order valence-corrected chi connectivity index (χ1v) is 8.64. The zero-order chi connectivity index (χ0) is 17.9. The van der Waals surface area contributed by atoms with Crippen molar-refractivity contribution in [2.75, 3.05) is 18.9 Å². The lowest BCUT2D eigenvalue weighted by atomic mass is 9.94. The van der Waals surface area contributed by atoms with Gasteiger partial charge in [-0.2, -0.15) is 0 Å². The number of benzene rings is 1. The number of amides is 1. The zero-order valence-corrected chi connectivity index (χ0v) is 16.4. The predicted molar refractivity (Wildman–Crippen MR) is 99.0 cm³/mol. The zero-order valence-electron chi connectivity index (χ0n) is 14.8. The molecule has 0 saturated heterocycles. The highest BCUT2D eigenvalue weighted by Crippen LogP contribution is 2.23. The first-order valence-electron chi connectivity index (χ1n) is 7.85. The lowest BCUT2D eigenvalue weighted by Crippen LogP contribution is -2.30. The molecule has 0 spiro atoms. The molecule has 0 atom stereocenters. The Morgan fingerprint density at radius 1 is 1.38 bits per heavy atom.